The fraction of sp³-hybridized carbons (Fsp3) is 0.125. The van der Waals surface area contributed by atoms with Gasteiger partial charge in [-0.15, -0.1) is 0 Å². The molecule has 0 aliphatic heterocycles. The summed E-state index contributed by atoms with van der Waals surface area (Å²) >= 11 is 6.06. The second-order valence-electron chi connectivity index (χ2n) is 4.61. The normalized spacial score (nSPS) is 10.4. The van der Waals surface area contributed by atoms with Crippen molar-refractivity contribution in [3.63, 3.8) is 0 Å². The van der Waals surface area contributed by atoms with Crippen LogP contribution in [-0.2, 0) is 6.42 Å². The van der Waals surface area contributed by atoms with E-state index in [9.17, 15) is 0 Å². The van der Waals surface area contributed by atoms with E-state index in [0.717, 1.165) is 12.1 Å². The molecule has 3 aromatic heterocycles. The first-order chi connectivity index (χ1) is 10.8. The average molecular weight is 312 g/mol. The number of aromatic nitrogens is 4. The summed E-state index contributed by atoms with van der Waals surface area (Å²) in [7, 11) is 0. The summed E-state index contributed by atoms with van der Waals surface area (Å²) in [5, 5.41) is 3.63. The smallest absolute Gasteiger partial charge is 0.181 e. The molecule has 0 fully saturated rings. The lowest BCUT2D eigenvalue weighted by Crippen LogP contribution is -2.08. The maximum absolute atomic E-state index is 6.06. The number of nitrogens with one attached hydrogen (secondary N) is 1. The highest BCUT2D eigenvalue weighted by molar-refractivity contribution is 6.29. The Hall–Kier alpha value is -2.53. The third-order valence-electron chi connectivity index (χ3n) is 3.00. The van der Waals surface area contributed by atoms with Crippen LogP contribution in [0.1, 0.15) is 5.69 Å². The fourth-order valence-corrected chi connectivity index (χ4v) is 2.17. The van der Waals surface area contributed by atoms with E-state index >= 15 is 0 Å². The van der Waals surface area contributed by atoms with Gasteiger partial charge in [0.05, 0.1) is 0 Å². The summed E-state index contributed by atoms with van der Waals surface area (Å²) < 4.78 is 0. The molecule has 6 heteroatoms. The van der Waals surface area contributed by atoms with Gasteiger partial charge < -0.3 is 5.32 Å². The van der Waals surface area contributed by atoms with Crippen LogP contribution in [0.4, 0.5) is 5.82 Å². The number of pyridine rings is 2. The summed E-state index contributed by atoms with van der Waals surface area (Å²) in [5.41, 5.74) is 1.72. The van der Waals surface area contributed by atoms with Crippen LogP contribution in [0.25, 0.3) is 11.5 Å². The molecule has 1 N–H and O–H groups in total. The van der Waals surface area contributed by atoms with Crippen molar-refractivity contribution < 1.29 is 0 Å². The Balaban J connectivity index is 1.70. The van der Waals surface area contributed by atoms with Gasteiger partial charge in [-0.25, -0.2) is 9.97 Å². The maximum atomic E-state index is 6.06. The number of rotatable bonds is 5. The van der Waals surface area contributed by atoms with Gasteiger partial charge in [0.1, 0.15) is 16.7 Å². The minimum absolute atomic E-state index is 0.385. The Morgan fingerprint density at radius 2 is 1.77 bits per heavy atom. The molecule has 3 rings (SSSR count). The molecule has 5 nitrogen and oxygen atoms in total. The highest BCUT2D eigenvalue weighted by Gasteiger charge is 2.06. The van der Waals surface area contributed by atoms with E-state index in [1.807, 2.05) is 36.4 Å². The zero-order chi connectivity index (χ0) is 15.2. The van der Waals surface area contributed by atoms with Gasteiger partial charge in [-0.3, -0.25) is 9.97 Å². The molecule has 22 heavy (non-hydrogen) atoms. The zero-order valence-corrected chi connectivity index (χ0v) is 12.5. The molecule has 0 atom stereocenters. The van der Waals surface area contributed by atoms with Crippen molar-refractivity contribution >= 4 is 17.4 Å². The van der Waals surface area contributed by atoms with Gasteiger partial charge in [0.2, 0.25) is 0 Å². The van der Waals surface area contributed by atoms with Crippen LogP contribution in [0.15, 0.2) is 54.9 Å². The lowest BCUT2D eigenvalue weighted by molar-refractivity contribution is 0.951. The molecule has 0 bridgehead atoms. The molecule has 0 aliphatic rings. The first-order valence-electron chi connectivity index (χ1n) is 6.91. The van der Waals surface area contributed by atoms with E-state index in [1.54, 1.807) is 18.5 Å². The molecule has 110 valence electrons. The van der Waals surface area contributed by atoms with Crippen LogP contribution in [0.5, 0.6) is 0 Å². The number of hydrogen-bond acceptors (Lipinski definition) is 5. The Labute approximate surface area is 133 Å². The van der Waals surface area contributed by atoms with E-state index in [0.29, 0.717) is 29.0 Å². The fourth-order valence-electron chi connectivity index (χ4n) is 1.98. The monoisotopic (exact) mass is 311 g/mol. The number of nitrogens with zero attached hydrogens (tertiary/aromatic N) is 4. The highest BCUT2D eigenvalue weighted by atomic mass is 35.5. The van der Waals surface area contributed by atoms with Gasteiger partial charge in [0, 0.05) is 37.1 Å². The van der Waals surface area contributed by atoms with Crippen LogP contribution in [-0.4, -0.2) is 26.5 Å². The molecule has 0 saturated heterocycles. The standard InChI is InChI=1S/C16H14ClN5/c17-14-11-15(20-10-7-12-5-1-3-8-18-12)22-16(21-14)13-6-2-4-9-19-13/h1-6,8-9,11H,7,10H2,(H,20,21,22). The first kappa shape index (κ1) is 14.4. The largest absolute Gasteiger partial charge is 0.370 e. The number of anilines is 1. The van der Waals surface area contributed by atoms with Crippen molar-refractivity contribution in [1.82, 2.24) is 19.9 Å². The minimum Gasteiger partial charge on any atom is -0.370 e. The molecule has 0 unspecified atom stereocenters. The molecule has 0 amide bonds. The summed E-state index contributed by atoms with van der Waals surface area (Å²) in [6.07, 6.45) is 4.30. The summed E-state index contributed by atoms with van der Waals surface area (Å²) in [6.45, 7) is 0.714. The lowest BCUT2D eigenvalue weighted by Gasteiger charge is -2.07. The summed E-state index contributed by atoms with van der Waals surface area (Å²) in [5.74, 6) is 1.19. The molecule has 0 saturated carbocycles. The Morgan fingerprint density at radius 1 is 0.955 bits per heavy atom. The van der Waals surface area contributed by atoms with Gasteiger partial charge in [-0.05, 0) is 24.3 Å². The van der Waals surface area contributed by atoms with Crippen molar-refractivity contribution in [2.45, 2.75) is 6.42 Å². The topological polar surface area (TPSA) is 63.6 Å². The first-order valence-corrected chi connectivity index (χ1v) is 7.29. The second-order valence-corrected chi connectivity index (χ2v) is 5.00. The molecule has 3 heterocycles. The van der Waals surface area contributed by atoms with E-state index < -0.39 is 0 Å². The van der Waals surface area contributed by atoms with Crippen molar-refractivity contribution in [2.75, 3.05) is 11.9 Å². The predicted octanol–water partition coefficient (Wildman–Crippen LogP) is 3.24. The van der Waals surface area contributed by atoms with Gasteiger partial charge >= 0.3 is 0 Å². The van der Waals surface area contributed by atoms with Gasteiger partial charge in [-0.1, -0.05) is 23.7 Å². The van der Waals surface area contributed by atoms with Crippen molar-refractivity contribution in [3.8, 4) is 11.5 Å². The summed E-state index contributed by atoms with van der Waals surface area (Å²) in [4.78, 5) is 17.2. The van der Waals surface area contributed by atoms with Gasteiger partial charge in [0.25, 0.3) is 0 Å². The average Bonchev–Trinajstić information content (AvgIpc) is 2.56. The molecule has 3 aromatic rings. The van der Waals surface area contributed by atoms with Gasteiger partial charge in [-0.2, -0.15) is 0 Å². The molecule has 0 aromatic carbocycles. The quantitative estimate of drug-likeness (QED) is 0.733. The molecule has 0 aliphatic carbocycles. The Kier molecular flexibility index (Phi) is 4.56. The Morgan fingerprint density at radius 3 is 2.50 bits per heavy atom. The highest BCUT2D eigenvalue weighted by Crippen LogP contribution is 2.18. The number of hydrogen-bond donors (Lipinski definition) is 1. The van der Waals surface area contributed by atoms with Crippen LogP contribution in [0.3, 0.4) is 0 Å². The Bertz CT molecular complexity index is 734. The van der Waals surface area contributed by atoms with Crippen LogP contribution in [0.2, 0.25) is 5.15 Å². The number of halogens is 1. The third kappa shape index (κ3) is 3.77. The van der Waals surface area contributed by atoms with E-state index in [2.05, 4.69) is 25.3 Å². The molecule has 0 radical (unpaired) electrons. The second kappa shape index (κ2) is 6.95. The molecular weight excluding hydrogens is 298 g/mol. The maximum Gasteiger partial charge on any atom is 0.181 e. The summed E-state index contributed by atoms with van der Waals surface area (Å²) in [6, 6.07) is 13.2. The predicted molar refractivity (Wildman–Crippen MR) is 86.7 cm³/mol. The van der Waals surface area contributed by atoms with Crippen LogP contribution >= 0.6 is 11.6 Å². The lowest BCUT2D eigenvalue weighted by atomic mass is 10.3. The third-order valence-corrected chi connectivity index (χ3v) is 3.20. The van der Waals surface area contributed by atoms with E-state index in [1.165, 1.54) is 0 Å². The van der Waals surface area contributed by atoms with Crippen molar-refractivity contribution in [2.24, 2.45) is 0 Å². The minimum atomic E-state index is 0.385. The zero-order valence-electron chi connectivity index (χ0n) is 11.8. The van der Waals surface area contributed by atoms with Crippen LogP contribution in [0, 0.1) is 0 Å². The van der Waals surface area contributed by atoms with Crippen molar-refractivity contribution in [3.05, 3.63) is 65.7 Å². The molecule has 0 spiro atoms. The SMILES string of the molecule is Clc1cc(NCCc2ccccn2)nc(-c2ccccn2)n1. The van der Waals surface area contributed by atoms with Crippen molar-refractivity contribution in [1.29, 1.82) is 0 Å². The van der Waals surface area contributed by atoms with E-state index in [4.69, 9.17) is 11.6 Å². The molecular formula is C16H14ClN5. The van der Waals surface area contributed by atoms with Crippen LogP contribution < -0.4 is 5.32 Å². The van der Waals surface area contributed by atoms with Gasteiger partial charge in [0.15, 0.2) is 5.82 Å². The van der Waals surface area contributed by atoms with E-state index in [-0.39, 0.29) is 0 Å².